The fraction of sp³-hybridized carbons (Fsp3) is 0.625. The van der Waals surface area contributed by atoms with Gasteiger partial charge in [-0.15, -0.1) is 0 Å². The molecule has 0 aromatic heterocycles. The van der Waals surface area contributed by atoms with Gasteiger partial charge in [0, 0.05) is 5.92 Å². The molecular formula is C16H19BrO4S. The molecule has 4 aliphatic rings. The van der Waals surface area contributed by atoms with E-state index >= 15 is 0 Å². The second kappa shape index (κ2) is 4.35. The molecule has 1 aromatic rings. The molecule has 0 radical (unpaired) electrons. The van der Waals surface area contributed by atoms with Gasteiger partial charge in [0.2, 0.25) is 0 Å². The van der Waals surface area contributed by atoms with E-state index in [4.69, 9.17) is 9.47 Å². The molecule has 2 saturated heterocycles. The first-order valence-corrected chi connectivity index (χ1v) is 9.88. The SMILES string of the molecule is CC(C)(C)O[C@H]1[C@H]2O[C@@H]3[C@H]([C@@H]2Br)[C@]31S(=O)(=O)c1ccccc1. The highest BCUT2D eigenvalue weighted by Crippen LogP contribution is 2.73. The monoisotopic (exact) mass is 386 g/mol. The van der Waals surface area contributed by atoms with Crippen LogP contribution in [0.5, 0.6) is 0 Å². The smallest absolute Gasteiger partial charge is 0.189 e. The van der Waals surface area contributed by atoms with Crippen molar-refractivity contribution in [3.05, 3.63) is 30.3 Å². The standard InChI is InChI=1S/C16H19BrO4S/c1-15(2,3)21-14-12-11(17)10-13(20-12)16(10,14)22(18,19)9-7-5-4-6-8-9/h4-8,10-14H,1-3H3/t10-,11-,12-,13+,14-,16-/m0/s1. The fourth-order valence-electron chi connectivity index (χ4n) is 4.11. The summed E-state index contributed by atoms with van der Waals surface area (Å²) < 4.78 is 37.8. The van der Waals surface area contributed by atoms with E-state index in [9.17, 15) is 8.42 Å². The second-order valence-corrected chi connectivity index (χ2v) is 10.6. The third-order valence-corrected chi connectivity index (χ3v) is 8.54. The van der Waals surface area contributed by atoms with Gasteiger partial charge in [-0.2, -0.15) is 0 Å². The molecule has 6 atom stereocenters. The van der Waals surface area contributed by atoms with Gasteiger partial charge < -0.3 is 9.47 Å². The minimum absolute atomic E-state index is 0.0185. The Kier molecular flexibility index (Phi) is 2.99. The molecule has 4 fully saturated rings. The Morgan fingerprint density at radius 1 is 1.23 bits per heavy atom. The third kappa shape index (κ3) is 1.67. The first-order chi connectivity index (χ1) is 10.2. The van der Waals surface area contributed by atoms with Crippen LogP contribution in [-0.4, -0.2) is 41.9 Å². The molecule has 4 bridgehead atoms. The predicted octanol–water partition coefficient (Wildman–Crippen LogP) is 2.56. The van der Waals surface area contributed by atoms with Crippen LogP contribution in [0.15, 0.2) is 35.2 Å². The number of rotatable bonds is 3. The van der Waals surface area contributed by atoms with Crippen molar-refractivity contribution in [3.63, 3.8) is 0 Å². The molecule has 0 N–H and O–H groups in total. The lowest BCUT2D eigenvalue weighted by molar-refractivity contribution is -0.0847. The number of halogens is 1. The number of ether oxygens (including phenoxy) is 2. The Balaban J connectivity index is 1.81. The van der Waals surface area contributed by atoms with Gasteiger partial charge in [0.1, 0.15) is 10.9 Å². The molecule has 6 heteroatoms. The Labute approximate surface area is 139 Å². The summed E-state index contributed by atoms with van der Waals surface area (Å²) in [5.41, 5.74) is -0.412. The Morgan fingerprint density at radius 3 is 2.36 bits per heavy atom. The molecule has 0 amide bonds. The first-order valence-electron chi connectivity index (χ1n) is 7.48. The van der Waals surface area contributed by atoms with Gasteiger partial charge in [0.25, 0.3) is 0 Å². The van der Waals surface area contributed by atoms with E-state index in [0.29, 0.717) is 4.90 Å². The summed E-state index contributed by atoms with van der Waals surface area (Å²) in [4.78, 5) is 0.402. The van der Waals surface area contributed by atoms with Crippen LogP contribution in [0.3, 0.4) is 0 Å². The first kappa shape index (κ1) is 15.1. The average Bonchev–Trinajstić information content (AvgIpc) is 2.71. The van der Waals surface area contributed by atoms with Crippen molar-refractivity contribution >= 4 is 25.8 Å². The largest absolute Gasteiger partial charge is 0.369 e. The topological polar surface area (TPSA) is 52.6 Å². The highest BCUT2D eigenvalue weighted by Gasteiger charge is 2.91. The van der Waals surface area contributed by atoms with Crippen LogP contribution in [0, 0.1) is 5.92 Å². The summed E-state index contributed by atoms with van der Waals surface area (Å²) in [6, 6.07) is 8.65. The van der Waals surface area contributed by atoms with Crippen LogP contribution in [0.4, 0.5) is 0 Å². The molecule has 2 aliphatic heterocycles. The molecule has 2 heterocycles. The Hall–Kier alpha value is -0.430. The van der Waals surface area contributed by atoms with Gasteiger partial charge in [-0.3, -0.25) is 0 Å². The highest BCUT2D eigenvalue weighted by molar-refractivity contribution is 9.09. The van der Waals surface area contributed by atoms with Crippen LogP contribution in [0.2, 0.25) is 0 Å². The molecule has 0 unspecified atom stereocenters. The van der Waals surface area contributed by atoms with E-state index < -0.39 is 26.3 Å². The van der Waals surface area contributed by atoms with Crippen LogP contribution < -0.4 is 0 Å². The number of alkyl halides is 1. The van der Waals surface area contributed by atoms with Gasteiger partial charge in [0.05, 0.1) is 27.5 Å². The second-order valence-electron chi connectivity index (χ2n) is 7.31. The van der Waals surface area contributed by atoms with Crippen LogP contribution >= 0.6 is 15.9 Å². The van der Waals surface area contributed by atoms with Crippen LogP contribution in [0.25, 0.3) is 0 Å². The van der Waals surface area contributed by atoms with Crippen molar-refractivity contribution in [2.45, 2.75) is 59.2 Å². The van der Waals surface area contributed by atoms with Crippen LogP contribution in [-0.2, 0) is 19.3 Å². The molecule has 0 spiro atoms. The van der Waals surface area contributed by atoms with E-state index in [2.05, 4.69) is 15.9 Å². The van der Waals surface area contributed by atoms with Gasteiger partial charge in [-0.05, 0) is 32.9 Å². The third-order valence-electron chi connectivity index (χ3n) is 4.89. The summed E-state index contributed by atoms with van der Waals surface area (Å²) in [5, 5.41) is 0. The zero-order valence-corrected chi connectivity index (χ0v) is 15.1. The van der Waals surface area contributed by atoms with E-state index in [1.807, 2.05) is 26.8 Å². The van der Waals surface area contributed by atoms with Gasteiger partial charge in [-0.25, -0.2) is 8.42 Å². The number of benzene rings is 1. The maximum atomic E-state index is 13.3. The molecule has 22 heavy (non-hydrogen) atoms. The number of hydrogen-bond acceptors (Lipinski definition) is 4. The van der Waals surface area contributed by atoms with E-state index in [1.165, 1.54) is 0 Å². The zero-order chi connectivity index (χ0) is 15.9. The number of hydrogen-bond donors (Lipinski definition) is 0. The van der Waals surface area contributed by atoms with Gasteiger partial charge in [0.15, 0.2) is 9.84 Å². The van der Waals surface area contributed by atoms with E-state index in [-0.39, 0.29) is 23.0 Å². The Bertz CT molecular complexity index is 711. The molecule has 1 aromatic carbocycles. The molecule has 4 nitrogen and oxygen atoms in total. The maximum Gasteiger partial charge on any atom is 0.189 e. The summed E-state index contributed by atoms with van der Waals surface area (Å²) >= 11 is 3.63. The fourth-order valence-corrected chi connectivity index (χ4v) is 7.88. The van der Waals surface area contributed by atoms with Crippen molar-refractivity contribution in [2.75, 3.05) is 0 Å². The van der Waals surface area contributed by atoms with E-state index in [0.717, 1.165) is 0 Å². The molecule has 5 rings (SSSR count). The van der Waals surface area contributed by atoms with Crippen molar-refractivity contribution < 1.29 is 17.9 Å². The minimum atomic E-state index is -3.51. The molecule has 120 valence electrons. The van der Waals surface area contributed by atoms with Crippen molar-refractivity contribution in [2.24, 2.45) is 5.92 Å². The van der Waals surface area contributed by atoms with Gasteiger partial charge in [-0.1, -0.05) is 34.1 Å². The van der Waals surface area contributed by atoms with Crippen molar-refractivity contribution in [3.8, 4) is 0 Å². The number of sulfone groups is 1. The molecular weight excluding hydrogens is 368 g/mol. The van der Waals surface area contributed by atoms with Crippen LogP contribution in [0.1, 0.15) is 20.8 Å². The lowest BCUT2D eigenvalue weighted by Gasteiger charge is -2.30. The van der Waals surface area contributed by atoms with Gasteiger partial charge >= 0.3 is 0 Å². The lowest BCUT2D eigenvalue weighted by Crippen LogP contribution is -2.44. The minimum Gasteiger partial charge on any atom is -0.369 e. The van der Waals surface area contributed by atoms with Crippen molar-refractivity contribution in [1.29, 1.82) is 0 Å². The zero-order valence-electron chi connectivity index (χ0n) is 12.7. The molecule has 2 aliphatic carbocycles. The lowest BCUT2D eigenvalue weighted by atomic mass is 10.1. The highest BCUT2D eigenvalue weighted by atomic mass is 79.9. The maximum absolute atomic E-state index is 13.3. The Morgan fingerprint density at radius 2 is 1.86 bits per heavy atom. The summed E-state index contributed by atoms with van der Waals surface area (Å²) in [6.07, 6.45) is -0.857. The summed E-state index contributed by atoms with van der Waals surface area (Å²) in [7, 11) is -3.51. The summed E-state index contributed by atoms with van der Waals surface area (Å²) in [6.45, 7) is 5.85. The summed E-state index contributed by atoms with van der Waals surface area (Å²) in [5.74, 6) is -0.0185. The normalized spacial score (nSPS) is 42.6. The van der Waals surface area contributed by atoms with Crippen molar-refractivity contribution in [1.82, 2.24) is 0 Å². The predicted molar refractivity (Wildman–Crippen MR) is 85.9 cm³/mol. The quantitative estimate of drug-likeness (QED) is 0.749. The average molecular weight is 387 g/mol. The van der Waals surface area contributed by atoms with E-state index in [1.54, 1.807) is 24.3 Å². The molecule has 2 saturated carbocycles.